The van der Waals surface area contributed by atoms with E-state index in [-0.39, 0.29) is 18.4 Å². The minimum Gasteiger partial charge on any atom is -0.329 e. The highest BCUT2D eigenvalue weighted by Crippen LogP contribution is 2.29. The van der Waals surface area contributed by atoms with E-state index in [2.05, 4.69) is 0 Å². The van der Waals surface area contributed by atoms with E-state index in [4.69, 9.17) is 5.73 Å². The molecule has 2 N–H and O–H groups in total. The summed E-state index contributed by atoms with van der Waals surface area (Å²) in [7, 11) is -3.19. The van der Waals surface area contributed by atoms with E-state index in [0.29, 0.717) is 12.3 Å². The second-order valence-corrected chi connectivity index (χ2v) is 8.26. The molecule has 0 spiro atoms. The monoisotopic (exact) mass is 318 g/mol. The summed E-state index contributed by atoms with van der Waals surface area (Å²) >= 11 is 1.62. The fraction of sp³-hybridized carbons (Fsp3) is 0.538. The van der Waals surface area contributed by atoms with Gasteiger partial charge in [-0.1, -0.05) is 12.1 Å². The summed E-state index contributed by atoms with van der Waals surface area (Å²) in [5.41, 5.74) is 6.56. The molecule has 0 saturated carbocycles. The molecule has 1 aromatic rings. The largest absolute Gasteiger partial charge is 0.329 e. The van der Waals surface area contributed by atoms with Crippen molar-refractivity contribution in [2.45, 2.75) is 11.4 Å². The Bertz CT molecular complexity index is 565. The quantitative estimate of drug-likeness (QED) is 0.905. The summed E-state index contributed by atoms with van der Waals surface area (Å²) in [6.07, 6.45) is 1.25. The van der Waals surface area contributed by atoms with Gasteiger partial charge < -0.3 is 5.73 Å². The van der Waals surface area contributed by atoms with Gasteiger partial charge >= 0.3 is 0 Å². The van der Waals surface area contributed by atoms with Crippen LogP contribution in [-0.2, 0) is 9.84 Å². The molecule has 1 fully saturated rings. The van der Waals surface area contributed by atoms with Crippen LogP contribution in [0.3, 0.4) is 0 Å². The number of benzene rings is 1. The van der Waals surface area contributed by atoms with Crippen molar-refractivity contribution < 1.29 is 12.8 Å². The van der Waals surface area contributed by atoms with Crippen molar-refractivity contribution in [3.05, 3.63) is 35.6 Å². The summed E-state index contributed by atoms with van der Waals surface area (Å²) in [6, 6.07) is 5.95. The molecule has 20 heavy (non-hydrogen) atoms. The summed E-state index contributed by atoms with van der Waals surface area (Å²) in [5, 5.41) is -0.557. The van der Waals surface area contributed by atoms with Gasteiger partial charge in [0.15, 0.2) is 9.84 Å². The molecule has 1 aliphatic rings. The predicted molar refractivity (Wildman–Crippen MR) is 80.9 cm³/mol. The molecular weight excluding hydrogens is 299 g/mol. The number of hydrogen-bond acceptors (Lipinski definition) is 5. The minimum absolute atomic E-state index is 0.264. The summed E-state index contributed by atoms with van der Waals surface area (Å²) < 4.78 is 37.3. The number of sulfone groups is 1. The van der Waals surface area contributed by atoms with Crippen LogP contribution in [0.5, 0.6) is 0 Å². The standard InChI is InChI=1S/C13H19FN2O2S2/c1-20(17,18)13-9-19-6-5-16(13)12(8-15)10-3-2-4-11(14)7-10/h2-4,7,12-13H,5-6,8-9,15H2,1H3. The van der Waals surface area contributed by atoms with E-state index in [9.17, 15) is 12.8 Å². The number of halogens is 1. The molecule has 1 saturated heterocycles. The van der Waals surface area contributed by atoms with Crippen molar-refractivity contribution in [3.8, 4) is 0 Å². The van der Waals surface area contributed by atoms with Gasteiger partial charge in [0.25, 0.3) is 0 Å². The van der Waals surface area contributed by atoms with Gasteiger partial charge in [0, 0.05) is 36.9 Å². The van der Waals surface area contributed by atoms with Crippen LogP contribution in [0.25, 0.3) is 0 Å². The van der Waals surface area contributed by atoms with Gasteiger partial charge in [-0.2, -0.15) is 11.8 Å². The van der Waals surface area contributed by atoms with Gasteiger partial charge in [0.05, 0.1) is 0 Å². The van der Waals surface area contributed by atoms with E-state index in [1.54, 1.807) is 23.9 Å². The predicted octanol–water partition coefficient (Wildman–Crippen LogP) is 1.25. The first-order valence-electron chi connectivity index (χ1n) is 6.41. The summed E-state index contributed by atoms with van der Waals surface area (Å²) in [6.45, 7) is 0.904. The van der Waals surface area contributed by atoms with Crippen molar-refractivity contribution in [1.29, 1.82) is 0 Å². The highest BCUT2D eigenvalue weighted by molar-refractivity contribution is 8.00. The van der Waals surface area contributed by atoms with Gasteiger partial charge in [0.2, 0.25) is 0 Å². The lowest BCUT2D eigenvalue weighted by Crippen LogP contribution is -2.50. The van der Waals surface area contributed by atoms with Crippen molar-refractivity contribution in [3.63, 3.8) is 0 Å². The van der Waals surface area contributed by atoms with E-state index >= 15 is 0 Å². The van der Waals surface area contributed by atoms with E-state index < -0.39 is 15.2 Å². The number of rotatable bonds is 4. The van der Waals surface area contributed by atoms with E-state index in [1.807, 2.05) is 4.90 Å². The Labute approximate surface area is 123 Å². The molecule has 0 bridgehead atoms. The first kappa shape index (κ1) is 15.8. The van der Waals surface area contributed by atoms with Crippen LogP contribution < -0.4 is 5.73 Å². The Morgan fingerprint density at radius 2 is 2.30 bits per heavy atom. The van der Waals surface area contributed by atoms with Crippen molar-refractivity contribution in [2.24, 2.45) is 5.73 Å². The Kier molecular flexibility index (Phi) is 5.06. The third-order valence-electron chi connectivity index (χ3n) is 3.48. The third-order valence-corrected chi connectivity index (χ3v) is 6.14. The minimum atomic E-state index is -3.19. The molecule has 112 valence electrons. The second kappa shape index (κ2) is 6.43. The molecule has 1 aromatic carbocycles. The van der Waals surface area contributed by atoms with Crippen LogP contribution in [0.15, 0.2) is 24.3 Å². The molecule has 2 atom stereocenters. The number of hydrogen-bond donors (Lipinski definition) is 1. The van der Waals surface area contributed by atoms with E-state index in [1.165, 1.54) is 18.4 Å². The average molecular weight is 318 g/mol. The molecule has 0 aromatic heterocycles. The van der Waals surface area contributed by atoms with Crippen LogP contribution >= 0.6 is 11.8 Å². The molecular formula is C13H19FN2O2S2. The highest BCUT2D eigenvalue weighted by Gasteiger charge is 2.35. The molecule has 1 heterocycles. The van der Waals surface area contributed by atoms with Gasteiger partial charge in [0.1, 0.15) is 11.2 Å². The molecule has 0 amide bonds. The van der Waals surface area contributed by atoms with Crippen LogP contribution in [0.1, 0.15) is 11.6 Å². The number of thioether (sulfide) groups is 1. The first-order valence-corrected chi connectivity index (χ1v) is 9.52. The van der Waals surface area contributed by atoms with Crippen molar-refractivity contribution in [2.75, 3.05) is 30.9 Å². The van der Waals surface area contributed by atoms with E-state index in [0.717, 1.165) is 11.3 Å². The smallest absolute Gasteiger partial charge is 0.164 e. The van der Waals surface area contributed by atoms with Crippen LogP contribution in [0.4, 0.5) is 4.39 Å². The fourth-order valence-electron chi connectivity index (χ4n) is 2.50. The summed E-state index contributed by atoms with van der Waals surface area (Å²) in [4.78, 5) is 1.89. The lowest BCUT2D eigenvalue weighted by Gasteiger charge is -2.39. The van der Waals surface area contributed by atoms with Crippen LogP contribution in [0.2, 0.25) is 0 Å². The average Bonchev–Trinajstić information content (AvgIpc) is 2.39. The zero-order chi connectivity index (χ0) is 14.8. The molecule has 2 unspecified atom stereocenters. The van der Waals surface area contributed by atoms with Gasteiger partial charge in [-0.25, -0.2) is 12.8 Å². The normalized spacial score (nSPS) is 22.6. The lowest BCUT2D eigenvalue weighted by atomic mass is 10.1. The molecule has 0 radical (unpaired) electrons. The zero-order valence-corrected chi connectivity index (χ0v) is 13.0. The molecule has 4 nitrogen and oxygen atoms in total. The van der Waals surface area contributed by atoms with Crippen molar-refractivity contribution >= 4 is 21.6 Å². The summed E-state index contributed by atoms with van der Waals surface area (Å²) in [5.74, 6) is 1.06. The molecule has 2 rings (SSSR count). The Morgan fingerprint density at radius 3 is 2.90 bits per heavy atom. The zero-order valence-electron chi connectivity index (χ0n) is 11.3. The van der Waals surface area contributed by atoms with Gasteiger partial charge in [-0.05, 0) is 17.7 Å². The first-order chi connectivity index (χ1) is 9.43. The Balaban J connectivity index is 2.33. The molecule has 1 aliphatic heterocycles. The maximum Gasteiger partial charge on any atom is 0.164 e. The second-order valence-electron chi connectivity index (χ2n) is 4.90. The molecule has 0 aliphatic carbocycles. The Hall–Kier alpha value is -0.630. The maximum absolute atomic E-state index is 13.4. The topological polar surface area (TPSA) is 63.4 Å². The van der Waals surface area contributed by atoms with Crippen LogP contribution in [0, 0.1) is 5.82 Å². The van der Waals surface area contributed by atoms with Crippen molar-refractivity contribution in [1.82, 2.24) is 4.90 Å². The number of nitrogens with two attached hydrogens (primary N) is 1. The highest BCUT2D eigenvalue weighted by atomic mass is 32.2. The lowest BCUT2D eigenvalue weighted by molar-refractivity contribution is 0.197. The Morgan fingerprint density at radius 1 is 1.55 bits per heavy atom. The SMILES string of the molecule is CS(=O)(=O)C1CSCCN1C(CN)c1cccc(F)c1. The van der Waals surface area contributed by atoms with Gasteiger partial charge in [-0.3, -0.25) is 4.90 Å². The molecule has 7 heteroatoms. The number of nitrogens with zero attached hydrogens (tertiary/aromatic N) is 1. The third kappa shape index (κ3) is 3.52. The van der Waals surface area contributed by atoms with Crippen LogP contribution in [-0.4, -0.2) is 49.5 Å². The fourth-order valence-corrected chi connectivity index (χ4v) is 5.42. The maximum atomic E-state index is 13.4. The van der Waals surface area contributed by atoms with Gasteiger partial charge in [-0.15, -0.1) is 0 Å².